The first kappa shape index (κ1) is 14.6. The van der Waals surface area contributed by atoms with Gasteiger partial charge in [-0.15, -0.1) is 0 Å². The lowest BCUT2D eigenvalue weighted by molar-refractivity contribution is -0.120. The van der Waals surface area contributed by atoms with Gasteiger partial charge in [-0.05, 0) is 19.8 Å². The molecule has 0 saturated heterocycles. The summed E-state index contributed by atoms with van der Waals surface area (Å²) in [5, 5.41) is 5.88. The summed E-state index contributed by atoms with van der Waals surface area (Å²) in [5.74, 6) is 3.22. The van der Waals surface area contributed by atoms with E-state index in [1.54, 1.807) is 7.05 Å². The van der Waals surface area contributed by atoms with E-state index in [4.69, 9.17) is 0 Å². The molecule has 2 rings (SSSR count). The molecule has 0 bridgehead atoms. The van der Waals surface area contributed by atoms with Gasteiger partial charge < -0.3 is 15.5 Å². The maximum Gasteiger partial charge on any atom is 0.221 e. The van der Waals surface area contributed by atoms with Gasteiger partial charge in [0, 0.05) is 45.6 Å². The molecule has 1 fully saturated rings. The summed E-state index contributed by atoms with van der Waals surface area (Å²) in [6.07, 6.45) is 2.82. The van der Waals surface area contributed by atoms with E-state index in [0.29, 0.717) is 18.9 Å². The quantitative estimate of drug-likeness (QED) is 0.787. The second-order valence-corrected chi connectivity index (χ2v) is 5.12. The topological polar surface area (TPSA) is 70.2 Å². The fourth-order valence-electron chi connectivity index (χ4n) is 1.95. The van der Waals surface area contributed by atoms with E-state index < -0.39 is 0 Å². The molecular formula is C14H23N5O. The predicted octanol–water partition coefficient (Wildman–Crippen LogP) is 1.36. The highest BCUT2D eigenvalue weighted by Gasteiger charge is 2.27. The molecule has 0 atom stereocenters. The average Bonchev–Trinajstić information content (AvgIpc) is 3.29. The fourth-order valence-corrected chi connectivity index (χ4v) is 1.95. The molecule has 6 heteroatoms. The molecule has 110 valence electrons. The first-order valence-corrected chi connectivity index (χ1v) is 7.18. The SMILES string of the molecule is CCNc1cc(N(C)CCC(=O)NC)nc(C2CC2)n1. The fraction of sp³-hybridized carbons (Fsp3) is 0.643. The van der Waals surface area contributed by atoms with E-state index in [1.807, 2.05) is 24.9 Å². The molecule has 1 saturated carbocycles. The molecule has 6 nitrogen and oxygen atoms in total. The van der Waals surface area contributed by atoms with Crippen molar-refractivity contribution in [3.05, 3.63) is 11.9 Å². The van der Waals surface area contributed by atoms with Crippen LogP contribution in [-0.2, 0) is 4.79 Å². The summed E-state index contributed by atoms with van der Waals surface area (Å²) in [6.45, 7) is 3.53. The van der Waals surface area contributed by atoms with Crippen LogP contribution in [0.1, 0.15) is 37.9 Å². The van der Waals surface area contributed by atoms with Crippen molar-refractivity contribution in [2.75, 3.05) is 37.4 Å². The Hall–Kier alpha value is -1.85. The van der Waals surface area contributed by atoms with Gasteiger partial charge in [0.2, 0.25) is 5.91 Å². The van der Waals surface area contributed by atoms with Gasteiger partial charge in [-0.1, -0.05) is 0 Å². The van der Waals surface area contributed by atoms with Gasteiger partial charge in [0.15, 0.2) is 0 Å². The Balaban J connectivity index is 2.10. The van der Waals surface area contributed by atoms with Gasteiger partial charge in [-0.3, -0.25) is 4.79 Å². The van der Waals surface area contributed by atoms with E-state index in [0.717, 1.165) is 24.0 Å². The zero-order chi connectivity index (χ0) is 14.5. The van der Waals surface area contributed by atoms with Crippen molar-refractivity contribution >= 4 is 17.5 Å². The monoisotopic (exact) mass is 277 g/mol. The van der Waals surface area contributed by atoms with Crippen molar-refractivity contribution in [3.8, 4) is 0 Å². The van der Waals surface area contributed by atoms with Crippen LogP contribution in [-0.4, -0.2) is 43.1 Å². The largest absolute Gasteiger partial charge is 0.370 e. The second kappa shape index (κ2) is 6.54. The second-order valence-electron chi connectivity index (χ2n) is 5.12. The first-order valence-electron chi connectivity index (χ1n) is 7.18. The number of hydrogen-bond acceptors (Lipinski definition) is 5. The van der Waals surface area contributed by atoms with Crippen LogP contribution in [0, 0.1) is 0 Å². The average molecular weight is 277 g/mol. The Bertz CT molecular complexity index is 473. The third-order valence-corrected chi connectivity index (χ3v) is 3.37. The Morgan fingerprint density at radius 1 is 1.45 bits per heavy atom. The van der Waals surface area contributed by atoms with Crippen LogP contribution in [0.3, 0.4) is 0 Å². The van der Waals surface area contributed by atoms with Crippen molar-refractivity contribution in [2.24, 2.45) is 0 Å². The number of nitrogens with zero attached hydrogens (tertiary/aromatic N) is 3. The molecule has 1 heterocycles. The van der Waals surface area contributed by atoms with Crippen LogP contribution in [0.5, 0.6) is 0 Å². The number of amides is 1. The number of aromatic nitrogens is 2. The smallest absolute Gasteiger partial charge is 0.221 e. The Kier molecular flexibility index (Phi) is 4.76. The maximum absolute atomic E-state index is 11.3. The molecule has 0 radical (unpaired) electrons. The summed E-state index contributed by atoms with van der Waals surface area (Å²) in [4.78, 5) is 22.5. The minimum atomic E-state index is 0.0419. The van der Waals surface area contributed by atoms with Gasteiger partial charge in [-0.2, -0.15) is 0 Å². The van der Waals surface area contributed by atoms with Crippen molar-refractivity contribution in [3.63, 3.8) is 0 Å². The van der Waals surface area contributed by atoms with E-state index in [-0.39, 0.29) is 5.91 Å². The third kappa shape index (κ3) is 3.82. The number of carbonyl (C=O) groups is 1. The molecule has 1 aromatic rings. The summed E-state index contributed by atoms with van der Waals surface area (Å²) in [7, 11) is 3.61. The van der Waals surface area contributed by atoms with Crippen LogP contribution in [0.4, 0.5) is 11.6 Å². The lowest BCUT2D eigenvalue weighted by Crippen LogP contribution is -2.27. The van der Waals surface area contributed by atoms with Gasteiger partial charge in [0.1, 0.15) is 17.5 Å². The molecule has 0 spiro atoms. The minimum absolute atomic E-state index is 0.0419. The van der Waals surface area contributed by atoms with Crippen LogP contribution >= 0.6 is 0 Å². The van der Waals surface area contributed by atoms with E-state index in [2.05, 4.69) is 20.6 Å². The summed E-state index contributed by atoms with van der Waals surface area (Å²) in [5.41, 5.74) is 0. The van der Waals surface area contributed by atoms with Crippen molar-refractivity contribution in [2.45, 2.75) is 32.1 Å². The predicted molar refractivity (Wildman–Crippen MR) is 80.1 cm³/mol. The molecule has 1 aliphatic rings. The maximum atomic E-state index is 11.3. The van der Waals surface area contributed by atoms with Crippen LogP contribution < -0.4 is 15.5 Å². The third-order valence-electron chi connectivity index (χ3n) is 3.37. The number of hydrogen-bond donors (Lipinski definition) is 2. The molecular weight excluding hydrogens is 254 g/mol. The number of carbonyl (C=O) groups excluding carboxylic acids is 1. The summed E-state index contributed by atoms with van der Waals surface area (Å²) in [6, 6.07) is 1.94. The van der Waals surface area contributed by atoms with Gasteiger partial charge in [0.25, 0.3) is 0 Å². The normalized spacial score (nSPS) is 13.9. The molecule has 2 N–H and O–H groups in total. The van der Waals surface area contributed by atoms with Crippen molar-refractivity contribution in [1.82, 2.24) is 15.3 Å². The van der Waals surface area contributed by atoms with E-state index in [1.165, 1.54) is 12.8 Å². The molecule has 1 amide bonds. The lowest BCUT2D eigenvalue weighted by atomic mass is 10.3. The van der Waals surface area contributed by atoms with Gasteiger partial charge in [0.05, 0.1) is 0 Å². The lowest BCUT2D eigenvalue weighted by Gasteiger charge is -2.19. The highest BCUT2D eigenvalue weighted by Crippen LogP contribution is 2.39. The van der Waals surface area contributed by atoms with Crippen molar-refractivity contribution in [1.29, 1.82) is 0 Å². The highest BCUT2D eigenvalue weighted by molar-refractivity contribution is 5.76. The minimum Gasteiger partial charge on any atom is -0.370 e. The Labute approximate surface area is 120 Å². The van der Waals surface area contributed by atoms with Crippen LogP contribution in [0.2, 0.25) is 0 Å². The molecule has 0 aromatic carbocycles. The van der Waals surface area contributed by atoms with E-state index >= 15 is 0 Å². The number of anilines is 2. The molecule has 0 unspecified atom stereocenters. The number of rotatable bonds is 7. The highest BCUT2D eigenvalue weighted by atomic mass is 16.1. The zero-order valence-corrected chi connectivity index (χ0v) is 12.4. The molecule has 0 aliphatic heterocycles. The van der Waals surface area contributed by atoms with Gasteiger partial charge >= 0.3 is 0 Å². The Morgan fingerprint density at radius 3 is 2.80 bits per heavy atom. The summed E-state index contributed by atoms with van der Waals surface area (Å²) < 4.78 is 0. The van der Waals surface area contributed by atoms with Crippen LogP contribution in [0.25, 0.3) is 0 Å². The summed E-state index contributed by atoms with van der Waals surface area (Å²) >= 11 is 0. The number of nitrogens with one attached hydrogen (secondary N) is 2. The molecule has 1 aliphatic carbocycles. The van der Waals surface area contributed by atoms with E-state index in [9.17, 15) is 4.79 Å². The van der Waals surface area contributed by atoms with Crippen molar-refractivity contribution < 1.29 is 4.79 Å². The zero-order valence-electron chi connectivity index (χ0n) is 12.4. The van der Waals surface area contributed by atoms with Crippen LogP contribution in [0.15, 0.2) is 6.07 Å². The molecule has 1 aromatic heterocycles. The molecule has 20 heavy (non-hydrogen) atoms. The standard InChI is InChI=1S/C14H23N5O/c1-4-16-11-9-12(18-14(17-11)10-5-6-10)19(3)8-7-13(20)15-2/h9-10H,4-8H2,1-3H3,(H,15,20)(H,16,17,18). The first-order chi connectivity index (χ1) is 9.63. The van der Waals surface area contributed by atoms with Gasteiger partial charge in [-0.25, -0.2) is 9.97 Å². The Morgan fingerprint density at radius 2 is 2.20 bits per heavy atom.